The number of fused-ring (bicyclic) bond motifs is 1. The Kier molecular flexibility index (Phi) is 3.92. The van der Waals surface area contributed by atoms with Crippen LogP contribution in [0.2, 0.25) is 0 Å². The van der Waals surface area contributed by atoms with Gasteiger partial charge in [0.1, 0.15) is 5.82 Å². The Labute approximate surface area is 144 Å². The number of carbonyl (C=O) groups excluding carboxylic acids is 1. The summed E-state index contributed by atoms with van der Waals surface area (Å²) >= 11 is 0. The van der Waals surface area contributed by atoms with Gasteiger partial charge in [-0.05, 0) is 36.4 Å². The van der Waals surface area contributed by atoms with Crippen molar-refractivity contribution < 1.29 is 4.79 Å². The molecule has 1 amide bonds. The van der Waals surface area contributed by atoms with Gasteiger partial charge in [-0.25, -0.2) is 4.98 Å². The average Bonchev–Trinajstić information content (AvgIpc) is 3.07. The molecule has 0 aliphatic carbocycles. The fourth-order valence-electron chi connectivity index (χ4n) is 2.66. The summed E-state index contributed by atoms with van der Waals surface area (Å²) in [6, 6.07) is 15.0. The molecule has 4 rings (SSSR count). The molecule has 0 saturated heterocycles. The van der Waals surface area contributed by atoms with Crippen LogP contribution in [-0.2, 0) is 6.54 Å². The SMILES string of the molecule is O=C(NCc1ccccn1)c1nc(-c2cccnc2)n2ccccc12. The Hall–Kier alpha value is -3.54. The van der Waals surface area contributed by atoms with Gasteiger partial charge in [0.2, 0.25) is 0 Å². The number of aromatic nitrogens is 4. The summed E-state index contributed by atoms with van der Waals surface area (Å²) in [4.78, 5) is 25.6. The smallest absolute Gasteiger partial charge is 0.272 e. The van der Waals surface area contributed by atoms with Crippen LogP contribution in [-0.4, -0.2) is 25.3 Å². The third-order valence-electron chi connectivity index (χ3n) is 3.84. The number of hydrogen-bond donors (Lipinski definition) is 1. The zero-order valence-electron chi connectivity index (χ0n) is 13.3. The Morgan fingerprint density at radius 2 is 1.96 bits per heavy atom. The highest BCUT2D eigenvalue weighted by molar-refractivity contribution is 6.00. The van der Waals surface area contributed by atoms with E-state index >= 15 is 0 Å². The summed E-state index contributed by atoms with van der Waals surface area (Å²) in [6.07, 6.45) is 7.03. The Balaban J connectivity index is 1.69. The zero-order chi connectivity index (χ0) is 17.1. The molecule has 4 heterocycles. The van der Waals surface area contributed by atoms with Crippen molar-refractivity contribution in [2.75, 3.05) is 0 Å². The van der Waals surface area contributed by atoms with E-state index in [0.29, 0.717) is 18.1 Å². The number of nitrogens with zero attached hydrogens (tertiary/aromatic N) is 4. The van der Waals surface area contributed by atoms with E-state index in [9.17, 15) is 4.79 Å². The van der Waals surface area contributed by atoms with Gasteiger partial charge in [-0.1, -0.05) is 12.1 Å². The summed E-state index contributed by atoms with van der Waals surface area (Å²) < 4.78 is 1.90. The van der Waals surface area contributed by atoms with E-state index in [-0.39, 0.29) is 5.91 Å². The first-order valence-electron chi connectivity index (χ1n) is 7.88. The van der Waals surface area contributed by atoms with Crippen molar-refractivity contribution in [1.82, 2.24) is 24.7 Å². The first-order valence-corrected chi connectivity index (χ1v) is 7.88. The second-order valence-corrected chi connectivity index (χ2v) is 5.49. The number of nitrogens with one attached hydrogen (secondary N) is 1. The summed E-state index contributed by atoms with van der Waals surface area (Å²) in [7, 11) is 0. The topological polar surface area (TPSA) is 72.2 Å². The minimum Gasteiger partial charge on any atom is -0.345 e. The van der Waals surface area contributed by atoms with Gasteiger partial charge in [0, 0.05) is 30.4 Å². The maximum Gasteiger partial charge on any atom is 0.272 e. The van der Waals surface area contributed by atoms with Crippen molar-refractivity contribution >= 4 is 11.4 Å². The minimum atomic E-state index is -0.232. The molecule has 4 aromatic heterocycles. The molecule has 0 aliphatic rings. The molecule has 0 saturated carbocycles. The van der Waals surface area contributed by atoms with Crippen molar-refractivity contribution in [2.45, 2.75) is 6.54 Å². The summed E-state index contributed by atoms with van der Waals surface area (Å²) in [5.74, 6) is 0.455. The van der Waals surface area contributed by atoms with Crippen LogP contribution < -0.4 is 5.32 Å². The molecule has 0 radical (unpaired) electrons. The van der Waals surface area contributed by atoms with Crippen LogP contribution in [0.25, 0.3) is 16.9 Å². The highest BCUT2D eigenvalue weighted by Crippen LogP contribution is 2.22. The lowest BCUT2D eigenvalue weighted by Crippen LogP contribution is -2.23. The molecule has 0 spiro atoms. The molecular formula is C19H15N5O. The van der Waals surface area contributed by atoms with Crippen molar-refractivity contribution in [3.8, 4) is 11.4 Å². The molecule has 1 N–H and O–H groups in total. The van der Waals surface area contributed by atoms with E-state index in [0.717, 1.165) is 16.8 Å². The predicted octanol–water partition coefficient (Wildman–Crippen LogP) is 2.72. The van der Waals surface area contributed by atoms with Crippen LogP contribution in [0, 0.1) is 0 Å². The maximum absolute atomic E-state index is 12.6. The van der Waals surface area contributed by atoms with E-state index in [4.69, 9.17) is 0 Å². The first kappa shape index (κ1) is 15.0. The predicted molar refractivity (Wildman–Crippen MR) is 93.8 cm³/mol. The van der Waals surface area contributed by atoms with Crippen LogP contribution >= 0.6 is 0 Å². The lowest BCUT2D eigenvalue weighted by Gasteiger charge is -2.03. The number of imidazole rings is 1. The first-order chi connectivity index (χ1) is 12.3. The quantitative estimate of drug-likeness (QED) is 0.625. The van der Waals surface area contributed by atoms with Crippen LogP contribution in [0.1, 0.15) is 16.2 Å². The lowest BCUT2D eigenvalue weighted by atomic mass is 10.3. The number of carbonyl (C=O) groups is 1. The average molecular weight is 329 g/mol. The summed E-state index contributed by atoms with van der Waals surface area (Å²) in [5.41, 5.74) is 2.79. The lowest BCUT2D eigenvalue weighted by molar-refractivity contribution is 0.0947. The van der Waals surface area contributed by atoms with E-state index in [1.165, 1.54) is 0 Å². The van der Waals surface area contributed by atoms with Gasteiger partial charge in [0.15, 0.2) is 5.69 Å². The summed E-state index contributed by atoms with van der Waals surface area (Å²) in [5, 5.41) is 2.88. The normalized spacial score (nSPS) is 10.7. The van der Waals surface area contributed by atoms with Crippen LogP contribution in [0.15, 0.2) is 73.3 Å². The summed E-state index contributed by atoms with van der Waals surface area (Å²) in [6.45, 7) is 0.355. The van der Waals surface area contributed by atoms with Gasteiger partial charge in [-0.2, -0.15) is 0 Å². The minimum absolute atomic E-state index is 0.232. The maximum atomic E-state index is 12.6. The molecule has 6 heteroatoms. The van der Waals surface area contributed by atoms with Gasteiger partial charge in [0.05, 0.1) is 17.8 Å². The van der Waals surface area contributed by atoms with Gasteiger partial charge < -0.3 is 5.32 Å². The zero-order valence-corrected chi connectivity index (χ0v) is 13.3. The fourth-order valence-corrected chi connectivity index (χ4v) is 2.66. The van der Waals surface area contributed by atoms with E-state index in [1.807, 2.05) is 59.1 Å². The molecule has 122 valence electrons. The number of pyridine rings is 3. The van der Waals surface area contributed by atoms with E-state index < -0.39 is 0 Å². The van der Waals surface area contributed by atoms with Crippen molar-refractivity contribution in [2.24, 2.45) is 0 Å². The second-order valence-electron chi connectivity index (χ2n) is 5.49. The molecule has 25 heavy (non-hydrogen) atoms. The third kappa shape index (κ3) is 2.97. The van der Waals surface area contributed by atoms with Crippen LogP contribution in [0.3, 0.4) is 0 Å². The highest BCUT2D eigenvalue weighted by Gasteiger charge is 2.18. The van der Waals surface area contributed by atoms with Gasteiger partial charge in [-0.3, -0.25) is 19.2 Å². The molecule has 6 nitrogen and oxygen atoms in total. The van der Waals surface area contributed by atoms with Gasteiger partial charge in [0.25, 0.3) is 5.91 Å². The third-order valence-corrected chi connectivity index (χ3v) is 3.84. The standard InChI is InChI=1S/C19H15N5O/c25-19(22-13-15-7-1-3-10-21-15)17-16-8-2-4-11-24(16)18(23-17)14-6-5-9-20-12-14/h1-12H,13H2,(H,22,25). The van der Waals surface area contributed by atoms with E-state index in [1.54, 1.807) is 18.6 Å². The van der Waals surface area contributed by atoms with Crippen molar-refractivity contribution in [1.29, 1.82) is 0 Å². The molecule has 0 atom stereocenters. The van der Waals surface area contributed by atoms with Crippen LogP contribution in [0.4, 0.5) is 0 Å². The molecular weight excluding hydrogens is 314 g/mol. The molecule has 0 unspecified atom stereocenters. The number of hydrogen-bond acceptors (Lipinski definition) is 4. The van der Waals surface area contributed by atoms with E-state index in [2.05, 4.69) is 20.3 Å². The molecule has 0 bridgehead atoms. The van der Waals surface area contributed by atoms with Crippen molar-refractivity contribution in [3.63, 3.8) is 0 Å². The van der Waals surface area contributed by atoms with Gasteiger partial charge in [-0.15, -0.1) is 0 Å². The largest absolute Gasteiger partial charge is 0.345 e. The van der Waals surface area contributed by atoms with Gasteiger partial charge >= 0.3 is 0 Å². The molecule has 0 aliphatic heterocycles. The van der Waals surface area contributed by atoms with Crippen molar-refractivity contribution in [3.05, 3.63) is 84.7 Å². The highest BCUT2D eigenvalue weighted by atomic mass is 16.1. The monoisotopic (exact) mass is 329 g/mol. The molecule has 4 aromatic rings. The Bertz CT molecular complexity index is 1010. The number of amides is 1. The number of rotatable bonds is 4. The van der Waals surface area contributed by atoms with Crippen LogP contribution in [0.5, 0.6) is 0 Å². The molecule has 0 aromatic carbocycles. The molecule has 0 fully saturated rings. The Morgan fingerprint density at radius 3 is 2.76 bits per heavy atom. The fraction of sp³-hybridized carbons (Fsp3) is 0.0526. The second kappa shape index (κ2) is 6.52. The Morgan fingerprint density at radius 1 is 1.04 bits per heavy atom.